The number of halogens is 1. The summed E-state index contributed by atoms with van der Waals surface area (Å²) in [4.78, 5) is 17.6. The molecule has 5 nitrogen and oxygen atoms in total. The first-order chi connectivity index (χ1) is 8.83. The third-order valence-electron chi connectivity index (χ3n) is 3.03. The highest BCUT2D eigenvalue weighted by Crippen LogP contribution is 2.21. The molecule has 1 aliphatic rings. The van der Waals surface area contributed by atoms with Crippen molar-refractivity contribution in [2.75, 3.05) is 12.3 Å². The molecule has 1 atom stereocenters. The molecule has 2 rings (SSSR count). The molecule has 19 heavy (non-hydrogen) atoms. The fourth-order valence-electron chi connectivity index (χ4n) is 2.28. The molecule has 0 saturated carbocycles. The number of pyridine rings is 1. The van der Waals surface area contributed by atoms with Crippen LogP contribution in [-0.4, -0.2) is 36.5 Å². The van der Waals surface area contributed by atoms with Crippen molar-refractivity contribution in [3.63, 3.8) is 0 Å². The predicted molar refractivity (Wildman–Crippen MR) is 67.4 cm³/mol. The number of likely N-dealkylation sites (tertiary alicyclic amines) is 1. The van der Waals surface area contributed by atoms with Gasteiger partial charge in [0.1, 0.15) is 0 Å². The van der Waals surface area contributed by atoms with Crippen LogP contribution in [0, 0.1) is 12.8 Å². The molecule has 0 radical (unpaired) electrons. The Hall–Kier alpha value is -1.50. The Morgan fingerprint density at radius 1 is 1.47 bits per heavy atom. The molecule has 1 aliphatic heterocycles. The van der Waals surface area contributed by atoms with Gasteiger partial charge in [0.05, 0.1) is 18.0 Å². The van der Waals surface area contributed by atoms with Crippen LogP contribution in [0.25, 0.3) is 0 Å². The summed E-state index contributed by atoms with van der Waals surface area (Å²) in [6, 6.07) is 5.51. The number of amides is 1. The van der Waals surface area contributed by atoms with Crippen LogP contribution >= 0.6 is 0 Å². The van der Waals surface area contributed by atoms with Gasteiger partial charge in [-0.25, -0.2) is 0 Å². The Bertz CT molecular complexity index is 588. The topological polar surface area (TPSA) is 67.3 Å². The molecule has 0 aliphatic carbocycles. The van der Waals surface area contributed by atoms with Gasteiger partial charge >= 0.3 is 10.2 Å². The van der Waals surface area contributed by atoms with E-state index in [0.717, 1.165) is 11.4 Å². The molecule has 1 fully saturated rings. The minimum Gasteiger partial charge on any atom is -0.336 e. The quantitative estimate of drug-likeness (QED) is 0.776. The summed E-state index contributed by atoms with van der Waals surface area (Å²) in [5, 5.41) is 0. The Morgan fingerprint density at radius 2 is 2.21 bits per heavy atom. The van der Waals surface area contributed by atoms with Crippen LogP contribution in [0.3, 0.4) is 0 Å². The molecule has 1 aromatic heterocycles. The van der Waals surface area contributed by atoms with Crippen molar-refractivity contribution in [3.8, 4) is 0 Å². The number of nitrogens with zero attached hydrogens (tertiary/aromatic N) is 2. The van der Waals surface area contributed by atoms with Crippen LogP contribution in [0.4, 0.5) is 3.89 Å². The van der Waals surface area contributed by atoms with Gasteiger partial charge in [-0.2, -0.15) is 8.42 Å². The number of rotatable bonds is 4. The summed E-state index contributed by atoms with van der Waals surface area (Å²) in [7, 11) is -4.53. The maximum atomic E-state index is 12.6. The summed E-state index contributed by atoms with van der Waals surface area (Å²) in [6.07, 6.45) is 0.0783. The SMILES string of the molecule is Cc1cccc(CN2CC(CS(=O)(=O)F)CC2=O)n1. The number of hydrogen-bond donors (Lipinski definition) is 0. The smallest absolute Gasteiger partial charge is 0.302 e. The molecule has 1 unspecified atom stereocenters. The van der Waals surface area contributed by atoms with Crippen molar-refractivity contribution in [2.45, 2.75) is 19.9 Å². The lowest BCUT2D eigenvalue weighted by atomic mass is 10.1. The lowest BCUT2D eigenvalue weighted by molar-refractivity contribution is -0.128. The molecule has 1 aromatic rings. The first kappa shape index (κ1) is 13.9. The van der Waals surface area contributed by atoms with E-state index in [1.54, 1.807) is 6.07 Å². The molecule has 7 heteroatoms. The van der Waals surface area contributed by atoms with Crippen molar-refractivity contribution in [1.82, 2.24) is 9.88 Å². The average molecular weight is 286 g/mol. The summed E-state index contributed by atoms with van der Waals surface area (Å²) in [6.45, 7) is 2.45. The second-order valence-electron chi connectivity index (χ2n) is 4.82. The highest BCUT2D eigenvalue weighted by Gasteiger charge is 2.32. The summed E-state index contributed by atoms with van der Waals surface area (Å²) >= 11 is 0. The van der Waals surface area contributed by atoms with Crippen molar-refractivity contribution in [3.05, 3.63) is 29.6 Å². The third kappa shape index (κ3) is 3.99. The van der Waals surface area contributed by atoms with Gasteiger partial charge in [0.25, 0.3) is 0 Å². The van der Waals surface area contributed by atoms with E-state index < -0.39 is 21.9 Å². The number of aromatic nitrogens is 1. The number of hydrogen-bond acceptors (Lipinski definition) is 4. The van der Waals surface area contributed by atoms with E-state index in [2.05, 4.69) is 4.98 Å². The van der Waals surface area contributed by atoms with E-state index in [4.69, 9.17) is 0 Å². The molecule has 1 saturated heterocycles. The van der Waals surface area contributed by atoms with Crippen LogP contribution in [0.2, 0.25) is 0 Å². The molecule has 0 aromatic carbocycles. The van der Waals surface area contributed by atoms with Gasteiger partial charge in [-0.15, -0.1) is 3.89 Å². The van der Waals surface area contributed by atoms with E-state index in [1.165, 1.54) is 4.90 Å². The predicted octanol–water partition coefficient (Wildman–Crippen LogP) is 1.04. The minimum absolute atomic E-state index is 0.0783. The van der Waals surface area contributed by atoms with E-state index in [-0.39, 0.29) is 18.9 Å². The Morgan fingerprint density at radius 3 is 2.84 bits per heavy atom. The number of carbonyl (C=O) groups excluding carboxylic acids is 1. The summed E-state index contributed by atoms with van der Waals surface area (Å²) in [5.74, 6) is -1.21. The molecule has 0 bridgehead atoms. The maximum absolute atomic E-state index is 12.6. The van der Waals surface area contributed by atoms with Gasteiger partial charge in [0.2, 0.25) is 5.91 Å². The average Bonchev–Trinajstić information content (AvgIpc) is 2.56. The third-order valence-corrected chi connectivity index (χ3v) is 3.90. The lowest BCUT2D eigenvalue weighted by Crippen LogP contribution is -2.26. The minimum atomic E-state index is -4.53. The van der Waals surface area contributed by atoms with E-state index >= 15 is 0 Å². The number of carbonyl (C=O) groups is 1. The molecule has 104 valence electrons. The molecular weight excluding hydrogens is 271 g/mol. The Kier molecular flexibility index (Phi) is 3.84. The highest BCUT2D eigenvalue weighted by atomic mass is 32.3. The molecule has 0 N–H and O–H groups in total. The van der Waals surface area contributed by atoms with E-state index in [1.807, 2.05) is 19.1 Å². The monoisotopic (exact) mass is 286 g/mol. The summed E-state index contributed by atoms with van der Waals surface area (Å²) < 4.78 is 33.8. The first-order valence-corrected chi connectivity index (χ1v) is 7.51. The van der Waals surface area contributed by atoms with Gasteiger partial charge in [0.15, 0.2) is 0 Å². The van der Waals surface area contributed by atoms with Gasteiger partial charge in [-0.1, -0.05) is 6.07 Å². The fourth-order valence-corrected chi connectivity index (χ4v) is 3.07. The van der Waals surface area contributed by atoms with Crippen LogP contribution in [0.5, 0.6) is 0 Å². The van der Waals surface area contributed by atoms with Crippen LogP contribution in [0.1, 0.15) is 17.8 Å². The van der Waals surface area contributed by atoms with Crippen LogP contribution in [-0.2, 0) is 21.6 Å². The first-order valence-electron chi connectivity index (χ1n) is 5.96. The lowest BCUT2D eigenvalue weighted by Gasteiger charge is -2.16. The molecule has 0 spiro atoms. The number of aryl methyl sites for hydroxylation is 1. The zero-order valence-corrected chi connectivity index (χ0v) is 11.4. The Balaban J connectivity index is 2.01. The zero-order valence-electron chi connectivity index (χ0n) is 10.5. The normalized spacial score (nSPS) is 20.0. The van der Waals surface area contributed by atoms with E-state index in [0.29, 0.717) is 6.54 Å². The molecule has 2 heterocycles. The van der Waals surface area contributed by atoms with Crippen LogP contribution < -0.4 is 0 Å². The van der Waals surface area contributed by atoms with Gasteiger partial charge < -0.3 is 4.90 Å². The zero-order chi connectivity index (χ0) is 14.0. The maximum Gasteiger partial charge on any atom is 0.302 e. The van der Waals surface area contributed by atoms with Crippen molar-refractivity contribution >= 4 is 16.1 Å². The van der Waals surface area contributed by atoms with E-state index in [9.17, 15) is 17.1 Å². The Labute approximate surface area is 111 Å². The fraction of sp³-hybridized carbons (Fsp3) is 0.500. The summed E-state index contributed by atoms with van der Waals surface area (Å²) in [5.41, 5.74) is 1.60. The standard InChI is InChI=1S/C12H15FN2O3S/c1-9-3-2-4-11(14-9)7-15-6-10(5-12(15)16)8-19(13,17)18/h2-4,10H,5-8H2,1H3. The second-order valence-corrected chi connectivity index (χ2v) is 6.23. The van der Waals surface area contributed by atoms with Crippen molar-refractivity contribution < 1.29 is 17.1 Å². The van der Waals surface area contributed by atoms with Gasteiger partial charge in [-0.3, -0.25) is 9.78 Å². The second kappa shape index (κ2) is 5.24. The molecule has 1 amide bonds. The largest absolute Gasteiger partial charge is 0.336 e. The van der Waals surface area contributed by atoms with Gasteiger partial charge in [-0.05, 0) is 19.1 Å². The molecular formula is C12H15FN2O3S. The van der Waals surface area contributed by atoms with Crippen molar-refractivity contribution in [1.29, 1.82) is 0 Å². The van der Waals surface area contributed by atoms with Crippen molar-refractivity contribution in [2.24, 2.45) is 5.92 Å². The van der Waals surface area contributed by atoms with Gasteiger partial charge in [0, 0.05) is 24.6 Å². The van der Waals surface area contributed by atoms with Crippen LogP contribution in [0.15, 0.2) is 18.2 Å². The highest BCUT2D eigenvalue weighted by molar-refractivity contribution is 7.86.